The third-order valence-corrected chi connectivity index (χ3v) is 7.22. The highest BCUT2D eigenvalue weighted by molar-refractivity contribution is 5.99. The molecule has 0 radical (unpaired) electrons. The number of rotatable bonds is 8. The van der Waals surface area contributed by atoms with E-state index in [-0.39, 0.29) is 17.4 Å². The molecule has 1 unspecified atom stereocenters. The molecule has 2 aromatic carbocycles. The van der Waals surface area contributed by atoms with Crippen molar-refractivity contribution in [3.63, 3.8) is 0 Å². The number of aromatic nitrogens is 2. The van der Waals surface area contributed by atoms with Crippen LogP contribution >= 0.6 is 0 Å². The lowest BCUT2D eigenvalue weighted by molar-refractivity contribution is -0.122. The highest BCUT2D eigenvalue weighted by Crippen LogP contribution is 2.34. The molecule has 1 atom stereocenters. The minimum atomic E-state index is -0.344. The molecule has 7 heteroatoms. The molecule has 1 aliphatic heterocycles. The molecule has 3 aromatic rings. The molecule has 0 saturated carbocycles. The van der Waals surface area contributed by atoms with Gasteiger partial charge in [0.25, 0.3) is 0 Å². The Morgan fingerprint density at radius 1 is 1.03 bits per heavy atom. The number of urea groups is 1. The Hall–Kier alpha value is -3.45. The second-order valence-corrected chi connectivity index (χ2v) is 11.4. The summed E-state index contributed by atoms with van der Waals surface area (Å²) in [5.74, 6) is 1.19. The Morgan fingerprint density at radius 3 is 2.29 bits per heavy atom. The number of carbonyl (C=O) groups is 2. The smallest absolute Gasteiger partial charge is 0.317 e. The van der Waals surface area contributed by atoms with E-state index in [0.29, 0.717) is 29.6 Å². The molecule has 1 saturated heterocycles. The Labute approximate surface area is 226 Å². The van der Waals surface area contributed by atoms with Crippen LogP contribution < -0.4 is 16.0 Å². The summed E-state index contributed by atoms with van der Waals surface area (Å²) in [7, 11) is 0. The van der Waals surface area contributed by atoms with E-state index in [4.69, 9.17) is 5.10 Å². The molecule has 1 aliphatic rings. The molecular weight excluding hydrogens is 474 g/mol. The fourth-order valence-corrected chi connectivity index (χ4v) is 5.07. The van der Waals surface area contributed by atoms with Crippen molar-refractivity contribution in [2.45, 2.75) is 71.6 Å². The first-order chi connectivity index (χ1) is 18.2. The van der Waals surface area contributed by atoms with E-state index in [1.165, 1.54) is 0 Å². The summed E-state index contributed by atoms with van der Waals surface area (Å²) < 4.78 is 1.77. The van der Waals surface area contributed by atoms with Crippen molar-refractivity contribution in [3.8, 4) is 5.69 Å². The lowest BCUT2D eigenvalue weighted by atomic mass is 9.77. The molecular formula is C31H41N5O2. The summed E-state index contributed by atoms with van der Waals surface area (Å²) in [4.78, 5) is 26.1. The van der Waals surface area contributed by atoms with Gasteiger partial charge in [-0.1, -0.05) is 57.5 Å². The first-order valence-electron chi connectivity index (χ1n) is 13.7. The van der Waals surface area contributed by atoms with Crippen LogP contribution in [-0.2, 0) is 10.2 Å². The number of hydrogen-bond donors (Lipinski definition) is 3. The third kappa shape index (κ3) is 6.70. The van der Waals surface area contributed by atoms with Crippen molar-refractivity contribution in [2.24, 2.45) is 5.92 Å². The largest absolute Gasteiger partial charge is 0.324 e. The quantitative estimate of drug-likeness (QED) is 0.316. The van der Waals surface area contributed by atoms with Crippen molar-refractivity contribution in [1.82, 2.24) is 15.1 Å². The summed E-state index contributed by atoms with van der Waals surface area (Å²) in [6.07, 6.45) is 3.47. The average molecular weight is 516 g/mol. The van der Waals surface area contributed by atoms with Crippen LogP contribution in [0.5, 0.6) is 0 Å². The van der Waals surface area contributed by atoms with Crippen molar-refractivity contribution in [2.75, 3.05) is 23.7 Å². The molecule has 2 amide bonds. The number of hydrogen-bond acceptors (Lipinski definition) is 4. The van der Waals surface area contributed by atoms with E-state index in [2.05, 4.69) is 43.6 Å². The Kier molecular flexibility index (Phi) is 8.67. The predicted octanol–water partition coefficient (Wildman–Crippen LogP) is 6.57. The van der Waals surface area contributed by atoms with Crippen LogP contribution in [0.2, 0.25) is 0 Å². The molecule has 2 heterocycles. The van der Waals surface area contributed by atoms with E-state index < -0.39 is 0 Å². The molecule has 0 aliphatic carbocycles. The van der Waals surface area contributed by atoms with Crippen LogP contribution in [0.15, 0.2) is 54.6 Å². The molecule has 7 nitrogen and oxygen atoms in total. The van der Waals surface area contributed by atoms with Crippen LogP contribution in [0.3, 0.4) is 0 Å². The van der Waals surface area contributed by atoms with Gasteiger partial charge in [-0.3, -0.25) is 10.1 Å². The van der Waals surface area contributed by atoms with Crippen LogP contribution in [0.1, 0.15) is 76.1 Å². The lowest BCUT2D eigenvalue weighted by Gasteiger charge is -2.30. The Morgan fingerprint density at radius 2 is 1.68 bits per heavy atom. The van der Waals surface area contributed by atoms with Gasteiger partial charge in [0.1, 0.15) is 11.6 Å². The Balaban J connectivity index is 1.50. The summed E-state index contributed by atoms with van der Waals surface area (Å²) in [6, 6.07) is 17.4. The van der Waals surface area contributed by atoms with E-state index in [9.17, 15) is 9.59 Å². The number of nitrogens with one attached hydrogen (secondary N) is 3. The van der Waals surface area contributed by atoms with Gasteiger partial charge in [-0.2, -0.15) is 5.10 Å². The van der Waals surface area contributed by atoms with E-state index in [0.717, 1.165) is 54.9 Å². The van der Waals surface area contributed by atoms with Gasteiger partial charge >= 0.3 is 6.03 Å². The van der Waals surface area contributed by atoms with Crippen LogP contribution in [0.4, 0.5) is 16.3 Å². The minimum absolute atomic E-state index is 0.0837. The molecule has 1 aromatic heterocycles. The lowest BCUT2D eigenvalue weighted by Crippen LogP contribution is -2.33. The van der Waals surface area contributed by atoms with E-state index in [1.54, 1.807) is 4.68 Å². The van der Waals surface area contributed by atoms with Crippen LogP contribution in [0, 0.1) is 12.8 Å². The summed E-state index contributed by atoms with van der Waals surface area (Å²) in [5.41, 5.74) is 4.47. The molecule has 4 rings (SSSR count). The second-order valence-electron chi connectivity index (χ2n) is 11.4. The number of piperidine rings is 1. The van der Waals surface area contributed by atoms with E-state index in [1.807, 2.05) is 61.5 Å². The van der Waals surface area contributed by atoms with Gasteiger partial charge in [0.2, 0.25) is 0 Å². The average Bonchev–Trinajstić information content (AvgIpc) is 3.31. The zero-order chi connectivity index (χ0) is 27.3. The first kappa shape index (κ1) is 27.6. The number of carbonyl (C=O) groups excluding carboxylic acids is 2. The minimum Gasteiger partial charge on any atom is -0.317 e. The van der Waals surface area contributed by atoms with Gasteiger partial charge in [0.05, 0.1) is 11.4 Å². The number of amides is 2. The zero-order valence-corrected chi connectivity index (χ0v) is 23.3. The normalized spacial score (nSPS) is 15.2. The monoisotopic (exact) mass is 515 g/mol. The molecule has 0 bridgehead atoms. The summed E-state index contributed by atoms with van der Waals surface area (Å²) >= 11 is 0. The molecule has 3 N–H and O–H groups in total. The fraction of sp³-hybridized carbons (Fsp3) is 0.452. The van der Waals surface area contributed by atoms with Crippen LogP contribution in [0.25, 0.3) is 5.69 Å². The van der Waals surface area contributed by atoms with Gasteiger partial charge in [-0.15, -0.1) is 0 Å². The number of aryl methyl sites for hydroxylation is 1. The van der Waals surface area contributed by atoms with E-state index >= 15 is 0 Å². The molecule has 1 fully saturated rings. The van der Waals surface area contributed by atoms with Gasteiger partial charge in [0, 0.05) is 29.5 Å². The Bertz CT molecular complexity index is 1230. The van der Waals surface area contributed by atoms with Crippen molar-refractivity contribution >= 4 is 23.3 Å². The zero-order valence-electron chi connectivity index (χ0n) is 23.3. The SMILES string of the molecule is CCCC(=O)C(c1ccc(NC(=O)Nc2cc(C(C)(C)C)nn2-c2ccc(C)cc2)cc1)C1CCNCC1. The number of Topliss-reactive ketones (excluding diaryl/α,β-unsaturated/α-hetero) is 1. The van der Waals surface area contributed by atoms with Crippen LogP contribution in [-0.4, -0.2) is 34.7 Å². The van der Waals surface area contributed by atoms with Gasteiger partial charge in [-0.05, 0) is 75.0 Å². The van der Waals surface area contributed by atoms with Gasteiger partial charge in [0.15, 0.2) is 0 Å². The summed E-state index contributed by atoms with van der Waals surface area (Å²) in [6.45, 7) is 12.3. The topological polar surface area (TPSA) is 88.1 Å². The maximum atomic E-state index is 13.0. The fourth-order valence-electron chi connectivity index (χ4n) is 5.07. The van der Waals surface area contributed by atoms with Crippen molar-refractivity contribution in [3.05, 3.63) is 71.4 Å². The van der Waals surface area contributed by atoms with Crippen molar-refractivity contribution in [1.29, 1.82) is 0 Å². The second kappa shape index (κ2) is 11.9. The summed E-state index contributed by atoms with van der Waals surface area (Å²) in [5, 5.41) is 14.1. The number of ketones is 1. The first-order valence-corrected chi connectivity index (χ1v) is 13.7. The van der Waals surface area contributed by atoms with Gasteiger partial charge < -0.3 is 10.6 Å². The molecule has 202 valence electrons. The highest BCUT2D eigenvalue weighted by Gasteiger charge is 2.30. The predicted molar refractivity (Wildman–Crippen MR) is 154 cm³/mol. The molecule has 0 spiro atoms. The third-order valence-electron chi connectivity index (χ3n) is 7.22. The van der Waals surface area contributed by atoms with Gasteiger partial charge in [-0.25, -0.2) is 9.48 Å². The maximum absolute atomic E-state index is 13.0. The molecule has 38 heavy (non-hydrogen) atoms. The maximum Gasteiger partial charge on any atom is 0.324 e. The standard InChI is InChI=1S/C31H41N5O2/c1-6-7-26(37)29(23-16-18-32-19-17-23)22-10-12-24(13-11-22)33-30(38)34-28-20-27(31(3,4)5)35-36(28)25-14-8-21(2)9-15-25/h8-15,20,23,29,32H,6-7,16-19H2,1-5H3,(H2,33,34,38). The number of benzene rings is 2. The van der Waals surface area contributed by atoms with Crippen molar-refractivity contribution < 1.29 is 9.59 Å². The number of anilines is 2. The number of nitrogens with zero attached hydrogens (tertiary/aromatic N) is 2. The highest BCUT2D eigenvalue weighted by atomic mass is 16.2.